The summed E-state index contributed by atoms with van der Waals surface area (Å²) in [6.45, 7) is 4.36. The summed E-state index contributed by atoms with van der Waals surface area (Å²) >= 11 is 0. The molecule has 0 heterocycles. The van der Waals surface area contributed by atoms with Crippen LogP contribution in [0.3, 0.4) is 0 Å². The van der Waals surface area contributed by atoms with Crippen molar-refractivity contribution in [2.24, 2.45) is 0 Å². The molecule has 0 N–H and O–H groups in total. The zero-order valence-electron chi connectivity index (χ0n) is 12.6. The molecule has 3 rings (SSSR count). The first-order valence-electron chi connectivity index (χ1n) is 7.43. The Labute approximate surface area is 127 Å². The molecule has 0 fully saturated rings. The Hall–Kier alpha value is -2.34. The van der Waals surface area contributed by atoms with Crippen LogP contribution in [-0.4, -0.2) is 0 Å². The van der Waals surface area contributed by atoms with Crippen LogP contribution in [0.4, 0.5) is 0 Å². The summed E-state index contributed by atoms with van der Waals surface area (Å²) in [6.07, 6.45) is 0. The van der Waals surface area contributed by atoms with Crippen LogP contribution in [0.1, 0.15) is 33.7 Å². The lowest BCUT2D eigenvalue weighted by molar-refractivity contribution is 0.961. The highest BCUT2D eigenvalue weighted by atomic mass is 14.2. The Balaban J connectivity index is 2.17. The van der Waals surface area contributed by atoms with E-state index in [2.05, 4.69) is 92.7 Å². The Kier molecular flexibility index (Phi) is 3.87. The van der Waals surface area contributed by atoms with Gasteiger partial charge in [-0.3, -0.25) is 0 Å². The summed E-state index contributed by atoms with van der Waals surface area (Å²) in [5.74, 6) is 0.299. The number of hydrogen-bond acceptors (Lipinski definition) is 0. The quantitative estimate of drug-likeness (QED) is 0.553. The van der Waals surface area contributed by atoms with Crippen molar-refractivity contribution < 1.29 is 0 Å². The average Bonchev–Trinajstić information content (AvgIpc) is 2.52. The van der Waals surface area contributed by atoms with E-state index in [0.29, 0.717) is 5.92 Å². The second kappa shape index (κ2) is 5.97. The molecule has 0 nitrogen and oxygen atoms in total. The van der Waals surface area contributed by atoms with Crippen molar-refractivity contribution in [3.63, 3.8) is 0 Å². The summed E-state index contributed by atoms with van der Waals surface area (Å²) in [7, 11) is 0. The van der Waals surface area contributed by atoms with Gasteiger partial charge in [0.25, 0.3) is 0 Å². The largest absolute Gasteiger partial charge is 0.0622 e. The molecule has 0 aliphatic carbocycles. The van der Waals surface area contributed by atoms with Gasteiger partial charge >= 0.3 is 0 Å². The molecule has 0 saturated heterocycles. The molecule has 0 heteroatoms. The van der Waals surface area contributed by atoms with Crippen LogP contribution >= 0.6 is 0 Å². The number of benzene rings is 3. The van der Waals surface area contributed by atoms with E-state index in [9.17, 15) is 0 Å². The SMILES string of the molecule is Cc1ccc(C(c2ccccc2)c2ccccc2)c(C)c1. The highest BCUT2D eigenvalue weighted by molar-refractivity contribution is 5.46. The molecule has 0 spiro atoms. The Morgan fingerprint density at radius 3 is 1.62 bits per heavy atom. The van der Waals surface area contributed by atoms with Crippen molar-refractivity contribution in [1.29, 1.82) is 0 Å². The average molecular weight is 272 g/mol. The highest BCUT2D eigenvalue weighted by Gasteiger charge is 2.17. The van der Waals surface area contributed by atoms with Gasteiger partial charge in [0.1, 0.15) is 0 Å². The number of aryl methyl sites for hydroxylation is 2. The van der Waals surface area contributed by atoms with Crippen LogP contribution in [0.2, 0.25) is 0 Å². The number of rotatable bonds is 3. The highest BCUT2D eigenvalue weighted by Crippen LogP contribution is 2.33. The molecule has 0 bridgehead atoms. The molecule has 3 aromatic carbocycles. The minimum atomic E-state index is 0.299. The zero-order chi connectivity index (χ0) is 14.7. The van der Waals surface area contributed by atoms with Crippen molar-refractivity contribution in [3.05, 3.63) is 107 Å². The number of hydrogen-bond donors (Lipinski definition) is 0. The van der Waals surface area contributed by atoms with Crippen molar-refractivity contribution in [2.45, 2.75) is 19.8 Å². The Morgan fingerprint density at radius 2 is 1.14 bits per heavy atom. The van der Waals surface area contributed by atoms with Crippen molar-refractivity contribution in [2.75, 3.05) is 0 Å². The van der Waals surface area contributed by atoms with Crippen molar-refractivity contribution in [1.82, 2.24) is 0 Å². The third-order valence-corrected chi connectivity index (χ3v) is 4.00. The summed E-state index contributed by atoms with van der Waals surface area (Å²) in [4.78, 5) is 0. The monoisotopic (exact) mass is 272 g/mol. The molecular weight excluding hydrogens is 252 g/mol. The Morgan fingerprint density at radius 1 is 0.619 bits per heavy atom. The van der Waals surface area contributed by atoms with Gasteiger partial charge in [-0.15, -0.1) is 0 Å². The summed E-state index contributed by atoms with van der Waals surface area (Å²) in [6, 6.07) is 28.3. The Bertz CT molecular complexity index is 672. The minimum Gasteiger partial charge on any atom is -0.0622 e. The van der Waals surface area contributed by atoms with E-state index in [0.717, 1.165) is 0 Å². The van der Waals surface area contributed by atoms with E-state index in [1.54, 1.807) is 0 Å². The van der Waals surface area contributed by atoms with Crippen LogP contribution in [0, 0.1) is 13.8 Å². The third-order valence-electron chi connectivity index (χ3n) is 4.00. The second-order valence-corrected chi connectivity index (χ2v) is 5.61. The third kappa shape index (κ3) is 2.90. The van der Waals surface area contributed by atoms with E-state index in [4.69, 9.17) is 0 Å². The fraction of sp³-hybridized carbons (Fsp3) is 0.143. The van der Waals surface area contributed by atoms with E-state index in [1.807, 2.05) is 0 Å². The topological polar surface area (TPSA) is 0 Å². The van der Waals surface area contributed by atoms with E-state index in [-0.39, 0.29) is 0 Å². The predicted molar refractivity (Wildman–Crippen MR) is 89.7 cm³/mol. The zero-order valence-corrected chi connectivity index (χ0v) is 12.6. The molecule has 3 aromatic rings. The molecular formula is C21H20. The van der Waals surface area contributed by atoms with Crippen molar-refractivity contribution >= 4 is 0 Å². The standard InChI is InChI=1S/C21H20/c1-16-13-14-20(17(2)15-16)21(18-9-5-3-6-10-18)19-11-7-4-8-12-19/h3-15,21H,1-2H3. The maximum absolute atomic E-state index is 2.27. The molecule has 0 aliphatic rings. The lowest BCUT2D eigenvalue weighted by atomic mass is 9.83. The lowest BCUT2D eigenvalue weighted by Crippen LogP contribution is -2.05. The van der Waals surface area contributed by atoms with Gasteiger partial charge in [0, 0.05) is 5.92 Å². The predicted octanol–water partition coefficient (Wildman–Crippen LogP) is 5.48. The van der Waals surface area contributed by atoms with Gasteiger partial charge in [-0.1, -0.05) is 84.4 Å². The molecule has 0 aromatic heterocycles. The van der Waals surface area contributed by atoms with E-state index < -0.39 is 0 Å². The summed E-state index contributed by atoms with van der Waals surface area (Å²) < 4.78 is 0. The molecule has 0 unspecified atom stereocenters. The van der Waals surface area contributed by atoms with Crippen molar-refractivity contribution in [3.8, 4) is 0 Å². The molecule has 0 atom stereocenters. The van der Waals surface area contributed by atoms with Crippen LogP contribution in [0.5, 0.6) is 0 Å². The summed E-state index contributed by atoms with van der Waals surface area (Å²) in [5.41, 5.74) is 6.74. The minimum absolute atomic E-state index is 0.299. The second-order valence-electron chi connectivity index (χ2n) is 5.61. The maximum atomic E-state index is 2.27. The molecule has 0 aliphatic heterocycles. The van der Waals surface area contributed by atoms with Crippen LogP contribution in [-0.2, 0) is 0 Å². The molecule has 0 saturated carbocycles. The van der Waals surface area contributed by atoms with Crippen LogP contribution in [0.25, 0.3) is 0 Å². The normalized spacial score (nSPS) is 10.8. The van der Waals surface area contributed by atoms with Gasteiger partial charge in [-0.2, -0.15) is 0 Å². The van der Waals surface area contributed by atoms with Crippen LogP contribution < -0.4 is 0 Å². The molecule has 0 radical (unpaired) electrons. The van der Waals surface area contributed by atoms with Gasteiger partial charge in [0.2, 0.25) is 0 Å². The van der Waals surface area contributed by atoms with E-state index >= 15 is 0 Å². The van der Waals surface area contributed by atoms with Gasteiger partial charge in [-0.25, -0.2) is 0 Å². The maximum Gasteiger partial charge on any atom is 0.0342 e. The van der Waals surface area contributed by atoms with Gasteiger partial charge in [0.05, 0.1) is 0 Å². The van der Waals surface area contributed by atoms with Gasteiger partial charge < -0.3 is 0 Å². The molecule has 21 heavy (non-hydrogen) atoms. The van der Waals surface area contributed by atoms with Gasteiger partial charge in [-0.05, 0) is 36.1 Å². The van der Waals surface area contributed by atoms with E-state index in [1.165, 1.54) is 27.8 Å². The summed E-state index contributed by atoms with van der Waals surface area (Å²) in [5, 5.41) is 0. The fourth-order valence-electron chi connectivity index (χ4n) is 2.99. The first kappa shape index (κ1) is 13.6. The van der Waals surface area contributed by atoms with Gasteiger partial charge in [0.15, 0.2) is 0 Å². The van der Waals surface area contributed by atoms with Crippen LogP contribution in [0.15, 0.2) is 78.9 Å². The molecule has 104 valence electrons. The first-order chi connectivity index (χ1) is 10.3. The smallest absolute Gasteiger partial charge is 0.0342 e. The lowest BCUT2D eigenvalue weighted by Gasteiger charge is -2.21. The fourth-order valence-corrected chi connectivity index (χ4v) is 2.99. The molecule has 0 amide bonds. The first-order valence-corrected chi connectivity index (χ1v) is 7.43.